The molecule has 0 radical (unpaired) electrons. The zero-order valence-corrected chi connectivity index (χ0v) is 16.8. The Morgan fingerprint density at radius 2 is 1.86 bits per heavy atom. The van der Waals surface area contributed by atoms with Crippen molar-refractivity contribution in [3.8, 4) is 0 Å². The van der Waals surface area contributed by atoms with Crippen LogP contribution in [0.2, 0.25) is 5.02 Å². The first-order chi connectivity index (χ1) is 14.1. The number of carbonyl (C=O) groups is 1. The average molecular weight is 409 g/mol. The molecule has 1 N–H and O–H groups in total. The quantitative estimate of drug-likeness (QED) is 0.532. The third-order valence-electron chi connectivity index (χ3n) is 4.92. The van der Waals surface area contributed by atoms with Gasteiger partial charge in [-0.15, -0.1) is 0 Å². The molecule has 0 fully saturated rings. The fourth-order valence-corrected chi connectivity index (χ4v) is 3.60. The van der Waals surface area contributed by atoms with E-state index in [0.717, 1.165) is 22.3 Å². The zero-order valence-electron chi connectivity index (χ0n) is 16.1. The first-order valence-corrected chi connectivity index (χ1v) is 9.96. The van der Waals surface area contributed by atoms with Gasteiger partial charge in [0.05, 0.1) is 5.52 Å². The van der Waals surface area contributed by atoms with Gasteiger partial charge in [-0.05, 0) is 36.2 Å². The molecule has 0 aliphatic carbocycles. The molecule has 2 aromatic heterocycles. The van der Waals surface area contributed by atoms with Crippen LogP contribution in [0.5, 0.6) is 0 Å². The lowest BCUT2D eigenvalue weighted by molar-refractivity contribution is -0.121. The van der Waals surface area contributed by atoms with Crippen molar-refractivity contribution in [2.75, 3.05) is 6.54 Å². The van der Waals surface area contributed by atoms with Gasteiger partial charge in [0.2, 0.25) is 5.91 Å². The molecule has 2 heterocycles. The van der Waals surface area contributed by atoms with Crippen LogP contribution in [0.4, 0.5) is 0 Å². The number of hydrogen-bond donors (Lipinski definition) is 1. The van der Waals surface area contributed by atoms with Crippen LogP contribution < -0.4 is 10.9 Å². The van der Waals surface area contributed by atoms with E-state index in [9.17, 15) is 9.59 Å². The molecule has 0 aliphatic rings. The molecule has 0 unspecified atom stereocenters. The number of para-hydroxylation sites is 1. The number of nitrogens with one attached hydrogen (secondary N) is 1. The van der Waals surface area contributed by atoms with Crippen molar-refractivity contribution >= 4 is 33.9 Å². The van der Waals surface area contributed by atoms with Crippen LogP contribution >= 0.6 is 11.6 Å². The van der Waals surface area contributed by atoms with Crippen molar-refractivity contribution < 1.29 is 4.79 Å². The lowest BCUT2D eigenvalue weighted by Crippen LogP contribution is -2.36. The van der Waals surface area contributed by atoms with Gasteiger partial charge in [-0.3, -0.25) is 14.0 Å². The van der Waals surface area contributed by atoms with Crippen LogP contribution in [-0.2, 0) is 24.2 Å². The SMILES string of the molecule is CCc1nn(CC(=O)NCCc2ccc(Cl)cc2)c(=O)c2cc3ccccc3n12. The van der Waals surface area contributed by atoms with Gasteiger partial charge in [0, 0.05) is 23.4 Å². The van der Waals surface area contributed by atoms with E-state index >= 15 is 0 Å². The summed E-state index contributed by atoms with van der Waals surface area (Å²) in [6.45, 7) is 2.36. The van der Waals surface area contributed by atoms with Crippen molar-refractivity contribution in [3.05, 3.63) is 81.4 Å². The van der Waals surface area contributed by atoms with Crippen molar-refractivity contribution in [2.45, 2.75) is 26.3 Å². The Bertz CT molecular complexity index is 1240. The number of carbonyl (C=O) groups excluding carboxylic acids is 1. The van der Waals surface area contributed by atoms with E-state index < -0.39 is 0 Å². The molecule has 0 aliphatic heterocycles. The number of halogens is 1. The smallest absolute Gasteiger partial charge is 0.291 e. The molecule has 0 saturated heterocycles. The lowest BCUT2D eigenvalue weighted by atomic mass is 10.1. The molecular weight excluding hydrogens is 388 g/mol. The fraction of sp³-hybridized carbons (Fsp3) is 0.227. The van der Waals surface area contributed by atoms with Gasteiger partial charge in [0.25, 0.3) is 5.56 Å². The van der Waals surface area contributed by atoms with Crippen LogP contribution in [-0.4, -0.2) is 26.6 Å². The van der Waals surface area contributed by atoms with Crippen molar-refractivity contribution in [2.24, 2.45) is 0 Å². The third kappa shape index (κ3) is 3.89. The van der Waals surface area contributed by atoms with Gasteiger partial charge in [0.1, 0.15) is 17.9 Å². The number of hydrogen-bond acceptors (Lipinski definition) is 3. The Kier molecular flexibility index (Phi) is 5.36. The highest BCUT2D eigenvalue weighted by atomic mass is 35.5. The molecule has 7 heteroatoms. The highest BCUT2D eigenvalue weighted by molar-refractivity contribution is 6.30. The van der Waals surface area contributed by atoms with Gasteiger partial charge in [0.15, 0.2) is 0 Å². The Labute approximate surface area is 172 Å². The first kappa shape index (κ1) is 19.2. The van der Waals surface area contributed by atoms with E-state index in [4.69, 9.17) is 11.6 Å². The molecule has 0 spiro atoms. The minimum absolute atomic E-state index is 0.107. The summed E-state index contributed by atoms with van der Waals surface area (Å²) in [4.78, 5) is 25.3. The molecular formula is C22H21ClN4O2. The Morgan fingerprint density at radius 1 is 1.10 bits per heavy atom. The predicted molar refractivity (Wildman–Crippen MR) is 115 cm³/mol. The van der Waals surface area contributed by atoms with Crippen LogP contribution in [0.15, 0.2) is 59.4 Å². The van der Waals surface area contributed by atoms with Gasteiger partial charge in [-0.25, -0.2) is 4.68 Å². The van der Waals surface area contributed by atoms with Crippen molar-refractivity contribution in [3.63, 3.8) is 0 Å². The van der Waals surface area contributed by atoms with Gasteiger partial charge < -0.3 is 5.32 Å². The summed E-state index contributed by atoms with van der Waals surface area (Å²) in [5.41, 5.74) is 2.29. The normalized spacial score (nSPS) is 11.2. The maximum absolute atomic E-state index is 12.9. The van der Waals surface area contributed by atoms with E-state index in [2.05, 4.69) is 10.4 Å². The summed E-state index contributed by atoms with van der Waals surface area (Å²) in [5.74, 6) is 0.505. The third-order valence-corrected chi connectivity index (χ3v) is 5.17. The molecule has 148 valence electrons. The van der Waals surface area contributed by atoms with Crippen molar-refractivity contribution in [1.82, 2.24) is 19.5 Å². The molecule has 2 aromatic carbocycles. The van der Waals surface area contributed by atoms with E-state index in [1.165, 1.54) is 4.68 Å². The Morgan fingerprint density at radius 3 is 2.62 bits per heavy atom. The highest BCUT2D eigenvalue weighted by Gasteiger charge is 2.15. The second-order valence-electron chi connectivity index (χ2n) is 6.88. The van der Waals surface area contributed by atoms with Gasteiger partial charge >= 0.3 is 0 Å². The number of rotatable bonds is 6. The summed E-state index contributed by atoms with van der Waals surface area (Å²) in [6, 6.07) is 17.2. The monoisotopic (exact) mass is 408 g/mol. The van der Waals surface area contributed by atoms with Gasteiger partial charge in [-0.1, -0.05) is 48.9 Å². The van der Waals surface area contributed by atoms with E-state index in [1.54, 1.807) is 0 Å². The number of fused-ring (bicyclic) bond motifs is 3. The molecule has 0 bridgehead atoms. The maximum Gasteiger partial charge on any atom is 0.291 e. The fourth-order valence-electron chi connectivity index (χ4n) is 3.48. The number of nitrogens with zero attached hydrogens (tertiary/aromatic N) is 3. The zero-order chi connectivity index (χ0) is 20.4. The Balaban J connectivity index is 1.53. The summed E-state index contributed by atoms with van der Waals surface area (Å²) in [7, 11) is 0. The second kappa shape index (κ2) is 8.09. The Hall–Kier alpha value is -3.12. The lowest BCUT2D eigenvalue weighted by Gasteiger charge is -2.10. The summed E-state index contributed by atoms with van der Waals surface area (Å²) in [6.07, 6.45) is 1.34. The number of aryl methyl sites for hydroxylation is 1. The first-order valence-electron chi connectivity index (χ1n) is 9.58. The van der Waals surface area contributed by atoms with Crippen LogP contribution in [0.1, 0.15) is 18.3 Å². The minimum atomic E-state index is -0.272. The molecule has 0 atom stereocenters. The van der Waals surface area contributed by atoms with Crippen LogP contribution in [0.3, 0.4) is 0 Å². The van der Waals surface area contributed by atoms with Crippen LogP contribution in [0.25, 0.3) is 16.4 Å². The van der Waals surface area contributed by atoms with Crippen LogP contribution in [0, 0.1) is 0 Å². The largest absolute Gasteiger partial charge is 0.354 e. The predicted octanol–water partition coefficient (Wildman–Crippen LogP) is 3.22. The average Bonchev–Trinajstić information content (AvgIpc) is 3.12. The standard InChI is InChI=1S/C22H21ClN4O2/c1-2-20-25-26(14-21(28)24-12-11-15-7-9-17(23)10-8-15)22(29)19-13-16-5-3-4-6-18(16)27(19)20/h3-10,13H,2,11-12,14H2,1H3,(H,24,28). The molecule has 29 heavy (non-hydrogen) atoms. The number of amides is 1. The number of aromatic nitrogens is 3. The highest BCUT2D eigenvalue weighted by Crippen LogP contribution is 2.19. The summed E-state index contributed by atoms with van der Waals surface area (Å²) >= 11 is 5.88. The summed E-state index contributed by atoms with van der Waals surface area (Å²) in [5, 5.41) is 8.97. The van der Waals surface area contributed by atoms with Crippen molar-refractivity contribution in [1.29, 1.82) is 0 Å². The summed E-state index contributed by atoms with van der Waals surface area (Å²) < 4.78 is 3.14. The molecule has 4 rings (SSSR count). The van der Waals surface area contributed by atoms with E-state index in [0.29, 0.717) is 29.9 Å². The molecule has 1 amide bonds. The van der Waals surface area contributed by atoms with E-state index in [1.807, 2.05) is 65.9 Å². The second-order valence-corrected chi connectivity index (χ2v) is 7.32. The molecule has 4 aromatic rings. The maximum atomic E-state index is 12.9. The van der Waals surface area contributed by atoms with Gasteiger partial charge in [-0.2, -0.15) is 5.10 Å². The molecule has 6 nitrogen and oxygen atoms in total. The molecule has 0 saturated carbocycles. The topological polar surface area (TPSA) is 68.4 Å². The number of benzene rings is 2. The minimum Gasteiger partial charge on any atom is -0.354 e. The van der Waals surface area contributed by atoms with E-state index in [-0.39, 0.29) is 18.0 Å².